The monoisotopic (exact) mass is 507 g/mol. The van der Waals surface area contributed by atoms with E-state index in [2.05, 4.69) is 4.98 Å². The first kappa shape index (κ1) is 24.1. The molecule has 0 amide bonds. The van der Waals surface area contributed by atoms with Crippen molar-refractivity contribution in [1.29, 1.82) is 0 Å². The molecule has 182 valence electrons. The molecule has 5 rings (SSSR count). The van der Waals surface area contributed by atoms with E-state index in [9.17, 15) is 18.0 Å². The summed E-state index contributed by atoms with van der Waals surface area (Å²) in [5, 5.41) is 0.574. The van der Waals surface area contributed by atoms with Gasteiger partial charge in [0.15, 0.2) is 0 Å². The first-order valence-electron chi connectivity index (χ1n) is 11.5. The highest BCUT2D eigenvalue weighted by Gasteiger charge is 2.24. The normalized spacial score (nSPS) is 13.4. The molecule has 1 aromatic heterocycles. The number of oxazole rings is 1. The Bertz CT molecular complexity index is 1440. The van der Waals surface area contributed by atoms with Gasteiger partial charge in [0.25, 0.3) is 0 Å². The second-order valence-electron chi connectivity index (χ2n) is 8.91. The SMILES string of the molecule is O=C(CC1=CCc2ccc(F)cc21)CC(Cc1cc(F)cc(F)c1)c1cnc(-c2ccc(Cl)cc2)o1. The van der Waals surface area contributed by atoms with Gasteiger partial charge in [0.05, 0.1) is 6.20 Å². The van der Waals surface area contributed by atoms with Crippen molar-refractivity contribution in [1.82, 2.24) is 4.98 Å². The summed E-state index contributed by atoms with van der Waals surface area (Å²) in [7, 11) is 0. The van der Waals surface area contributed by atoms with Gasteiger partial charge in [-0.15, -0.1) is 0 Å². The fraction of sp³-hybridized carbons (Fsp3) is 0.172. The van der Waals surface area contributed by atoms with Crippen LogP contribution in [-0.4, -0.2) is 10.8 Å². The van der Waals surface area contributed by atoms with Gasteiger partial charge < -0.3 is 4.42 Å². The van der Waals surface area contributed by atoms with Crippen LogP contribution in [0.2, 0.25) is 5.02 Å². The van der Waals surface area contributed by atoms with Crippen LogP contribution in [0.5, 0.6) is 0 Å². The van der Waals surface area contributed by atoms with Crippen LogP contribution in [-0.2, 0) is 17.6 Å². The van der Waals surface area contributed by atoms with Gasteiger partial charge in [0.2, 0.25) is 5.89 Å². The smallest absolute Gasteiger partial charge is 0.226 e. The van der Waals surface area contributed by atoms with Crippen LogP contribution >= 0.6 is 11.6 Å². The van der Waals surface area contributed by atoms with Gasteiger partial charge in [-0.2, -0.15) is 0 Å². The minimum atomic E-state index is -0.691. The Balaban J connectivity index is 1.39. The maximum absolute atomic E-state index is 13.9. The van der Waals surface area contributed by atoms with Crippen LogP contribution < -0.4 is 0 Å². The number of benzene rings is 3. The zero-order chi connectivity index (χ0) is 25.2. The maximum atomic E-state index is 13.9. The molecular formula is C29H21ClF3NO2. The van der Waals surface area contributed by atoms with Gasteiger partial charge in [-0.1, -0.05) is 23.7 Å². The second kappa shape index (κ2) is 10.2. The standard InChI is InChI=1S/C29H21ClF3NO2/c30-22-6-3-19(4-7-22)29-34-16-28(36-29)21(9-17-10-24(32)14-25(33)11-17)13-26(35)12-20-2-1-18-5-8-23(31)15-27(18)20/h2-8,10-11,14-16,21H,1,9,12-13H2. The minimum Gasteiger partial charge on any atom is -0.441 e. The Hall–Kier alpha value is -3.64. The van der Waals surface area contributed by atoms with E-state index in [1.165, 1.54) is 30.5 Å². The molecule has 0 N–H and O–H groups in total. The van der Waals surface area contributed by atoms with Crippen LogP contribution in [0.3, 0.4) is 0 Å². The minimum absolute atomic E-state index is 0.0649. The average molecular weight is 508 g/mol. The summed E-state index contributed by atoms with van der Waals surface area (Å²) >= 11 is 5.96. The predicted molar refractivity (Wildman–Crippen MR) is 132 cm³/mol. The number of carbonyl (C=O) groups excluding carboxylic acids is 1. The summed E-state index contributed by atoms with van der Waals surface area (Å²) in [6.45, 7) is 0. The van der Waals surface area contributed by atoms with Gasteiger partial charge >= 0.3 is 0 Å². The van der Waals surface area contributed by atoms with Crippen LogP contribution in [0.4, 0.5) is 13.2 Å². The van der Waals surface area contributed by atoms with Gasteiger partial charge in [-0.3, -0.25) is 4.79 Å². The van der Waals surface area contributed by atoms with Gasteiger partial charge in [-0.05, 0) is 83.6 Å². The van der Waals surface area contributed by atoms with E-state index >= 15 is 0 Å². The van der Waals surface area contributed by atoms with E-state index in [4.69, 9.17) is 16.0 Å². The van der Waals surface area contributed by atoms with Crippen molar-refractivity contribution in [2.24, 2.45) is 0 Å². The zero-order valence-corrected chi connectivity index (χ0v) is 19.9. The third-order valence-corrected chi connectivity index (χ3v) is 6.52. The molecule has 0 bridgehead atoms. The third kappa shape index (κ3) is 5.44. The summed E-state index contributed by atoms with van der Waals surface area (Å²) in [5.41, 5.74) is 3.62. The highest BCUT2D eigenvalue weighted by atomic mass is 35.5. The van der Waals surface area contributed by atoms with E-state index in [1.807, 2.05) is 6.08 Å². The molecule has 1 aliphatic rings. The van der Waals surface area contributed by atoms with Crippen molar-refractivity contribution in [2.75, 3.05) is 0 Å². The lowest BCUT2D eigenvalue weighted by molar-refractivity contribution is -0.118. The number of rotatable bonds is 8. The average Bonchev–Trinajstić information content (AvgIpc) is 3.46. The second-order valence-corrected chi connectivity index (χ2v) is 9.34. The molecule has 3 aromatic carbocycles. The van der Waals surface area contributed by atoms with Crippen LogP contribution in [0.25, 0.3) is 17.0 Å². The number of nitrogens with zero attached hydrogens (tertiary/aromatic N) is 1. The van der Waals surface area contributed by atoms with Crippen molar-refractivity contribution in [3.63, 3.8) is 0 Å². The van der Waals surface area contributed by atoms with E-state index in [-0.39, 0.29) is 30.9 Å². The van der Waals surface area contributed by atoms with E-state index in [0.717, 1.165) is 22.8 Å². The summed E-state index contributed by atoms with van der Waals surface area (Å²) < 4.78 is 47.5. The molecule has 36 heavy (non-hydrogen) atoms. The molecule has 0 fully saturated rings. The van der Waals surface area contributed by atoms with Gasteiger partial charge in [-0.25, -0.2) is 18.2 Å². The first-order valence-corrected chi connectivity index (χ1v) is 11.9. The molecule has 1 unspecified atom stereocenters. The van der Waals surface area contributed by atoms with E-state index in [0.29, 0.717) is 34.2 Å². The van der Waals surface area contributed by atoms with E-state index in [1.54, 1.807) is 30.3 Å². The van der Waals surface area contributed by atoms with Gasteiger partial charge in [0.1, 0.15) is 29.0 Å². The number of fused-ring (bicyclic) bond motifs is 1. The largest absolute Gasteiger partial charge is 0.441 e. The van der Waals surface area contributed by atoms with Crippen molar-refractivity contribution in [2.45, 2.75) is 31.6 Å². The molecule has 1 atom stereocenters. The molecule has 4 aromatic rings. The lowest BCUT2D eigenvalue weighted by Gasteiger charge is -2.15. The van der Waals surface area contributed by atoms with Crippen LogP contribution in [0.15, 0.2) is 77.4 Å². The van der Waals surface area contributed by atoms with Crippen molar-refractivity contribution < 1.29 is 22.4 Å². The Morgan fingerprint density at radius 3 is 2.47 bits per heavy atom. The highest BCUT2D eigenvalue weighted by Crippen LogP contribution is 2.34. The Morgan fingerprint density at radius 1 is 0.972 bits per heavy atom. The Labute approximate surface area is 211 Å². The molecule has 1 aliphatic carbocycles. The quantitative estimate of drug-likeness (QED) is 0.245. The molecule has 7 heteroatoms. The summed E-state index contributed by atoms with van der Waals surface area (Å²) in [6.07, 6.45) is 4.50. The van der Waals surface area contributed by atoms with Crippen LogP contribution in [0, 0.1) is 17.5 Å². The molecule has 0 aliphatic heterocycles. The molecule has 0 spiro atoms. The fourth-order valence-corrected chi connectivity index (χ4v) is 4.71. The molecule has 3 nitrogen and oxygen atoms in total. The van der Waals surface area contributed by atoms with Crippen molar-refractivity contribution >= 4 is 23.0 Å². The number of Topliss-reactive ketones (excluding diaryl/α,β-unsaturated/α-hetero) is 1. The summed E-state index contributed by atoms with van der Waals surface area (Å²) in [5.74, 6) is -1.53. The zero-order valence-electron chi connectivity index (χ0n) is 19.1. The van der Waals surface area contributed by atoms with Crippen molar-refractivity contribution in [3.8, 4) is 11.5 Å². The topological polar surface area (TPSA) is 43.1 Å². The number of ketones is 1. The number of aromatic nitrogens is 1. The third-order valence-electron chi connectivity index (χ3n) is 6.27. The predicted octanol–water partition coefficient (Wildman–Crippen LogP) is 7.73. The maximum Gasteiger partial charge on any atom is 0.226 e. The fourth-order valence-electron chi connectivity index (χ4n) is 4.58. The summed E-state index contributed by atoms with van der Waals surface area (Å²) in [4.78, 5) is 17.5. The molecule has 0 saturated carbocycles. The van der Waals surface area contributed by atoms with Crippen molar-refractivity contribution in [3.05, 3.63) is 118 Å². The lowest BCUT2D eigenvalue weighted by atomic mass is 9.90. The number of carbonyl (C=O) groups is 1. The molecule has 0 radical (unpaired) electrons. The highest BCUT2D eigenvalue weighted by molar-refractivity contribution is 6.30. The number of halogens is 4. The molecule has 1 heterocycles. The number of hydrogen-bond acceptors (Lipinski definition) is 3. The molecule has 0 saturated heterocycles. The summed E-state index contributed by atoms with van der Waals surface area (Å²) in [6, 6.07) is 14.8. The Kier molecular flexibility index (Phi) is 6.79. The van der Waals surface area contributed by atoms with Crippen LogP contribution in [0.1, 0.15) is 41.2 Å². The Morgan fingerprint density at radius 2 is 1.72 bits per heavy atom. The van der Waals surface area contributed by atoms with Gasteiger partial charge in [0, 0.05) is 35.4 Å². The lowest BCUT2D eigenvalue weighted by Crippen LogP contribution is -2.10. The van der Waals surface area contributed by atoms with E-state index < -0.39 is 17.6 Å². The number of hydrogen-bond donors (Lipinski definition) is 0. The molecular weight excluding hydrogens is 487 g/mol. The number of allylic oxidation sites excluding steroid dienone is 2. The first-order chi connectivity index (χ1) is 17.3.